The molecular formula is C19H17ClN4O4. The number of rotatable bonds is 5. The lowest BCUT2D eigenvalue weighted by atomic mass is 10.1. The van der Waals surface area contributed by atoms with Crippen LogP contribution in [0.25, 0.3) is 0 Å². The minimum atomic E-state index is -0.555. The Morgan fingerprint density at radius 1 is 1.14 bits per heavy atom. The third-order valence-electron chi connectivity index (χ3n) is 3.90. The van der Waals surface area contributed by atoms with E-state index in [9.17, 15) is 14.9 Å². The predicted octanol–water partition coefficient (Wildman–Crippen LogP) is 4.64. The molecule has 0 radical (unpaired) electrons. The molecule has 3 rings (SSSR count). The molecule has 1 heterocycles. The fourth-order valence-electron chi connectivity index (χ4n) is 2.80. The molecule has 1 amide bonds. The molecule has 8 nitrogen and oxygen atoms in total. The summed E-state index contributed by atoms with van der Waals surface area (Å²) >= 11 is 5.98. The Hall–Kier alpha value is -3.39. The van der Waals surface area contributed by atoms with Gasteiger partial charge in [-0.1, -0.05) is 17.7 Å². The number of hydrogen-bond donors (Lipinski definition) is 1. The van der Waals surface area contributed by atoms with Crippen LogP contribution in [0.1, 0.15) is 21.6 Å². The topological polar surface area (TPSA) is 99.3 Å². The highest BCUT2D eigenvalue weighted by Gasteiger charge is 2.18. The van der Waals surface area contributed by atoms with Crippen molar-refractivity contribution in [2.45, 2.75) is 13.8 Å². The zero-order valence-electron chi connectivity index (χ0n) is 15.4. The van der Waals surface area contributed by atoms with Crippen molar-refractivity contribution in [1.29, 1.82) is 0 Å². The maximum Gasteiger partial charge on any atom is 0.275 e. The van der Waals surface area contributed by atoms with Crippen LogP contribution in [0.4, 0.5) is 11.4 Å². The van der Waals surface area contributed by atoms with Crippen molar-refractivity contribution < 1.29 is 14.5 Å². The molecule has 0 saturated heterocycles. The number of non-ortho nitro benzene ring substituents is 1. The summed E-state index contributed by atoms with van der Waals surface area (Å²) in [6.45, 7) is 3.85. The van der Waals surface area contributed by atoms with Crippen LogP contribution in [-0.2, 0) is 7.05 Å². The fourth-order valence-corrected chi connectivity index (χ4v) is 3.06. The van der Waals surface area contributed by atoms with Crippen molar-refractivity contribution in [3.8, 4) is 11.5 Å². The molecule has 0 atom stereocenters. The third kappa shape index (κ3) is 4.29. The standard InChI is InChI=1S/C19H17ClN4O4/c1-11-4-12(2)6-15(5-11)28-16-8-13(7-14(9-16)24(26)27)22-19(25)18-17(20)10-21-23(18)3/h4-10H,1-3H3,(H,22,25). The Labute approximate surface area is 165 Å². The molecule has 0 unspecified atom stereocenters. The lowest BCUT2D eigenvalue weighted by molar-refractivity contribution is -0.384. The summed E-state index contributed by atoms with van der Waals surface area (Å²) in [5.74, 6) is 0.235. The number of nitrogens with one attached hydrogen (secondary N) is 1. The number of ether oxygens (including phenoxy) is 1. The van der Waals surface area contributed by atoms with Crippen molar-refractivity contribution in [2.75, 3.05) is 5.32 Å². The molecule has 0 spiro atoms. The van der Waals surface area contributed by atoms with E-state index in [2.05, 4.69) is 10.4 Å². The molecule has 2 aromatic carbocycles. The maximum absolute atomic E-state index is 12.5. The number of aryl methyl sites for hydroxylation is 3. The molecule has 1 aromatic heterocycles. The number of amides is 1. The SMILES string of the molecule is Cc1cc(C)cc(Oc2cc(NC(=O)c3c(Cl)cnn3C)cc([N+](=O)[O-])c2)c1. The smallest absolute Gasteiger partial charge is 0.275 e. The summed E-state index contributed by atoms with van der Waals surface area (Å²) < 4.78 is 7.11. The van der Waals surface area contributed by atoms with Gasteiger partial charge in [0.1, 0.15) is 17.2 Å². The molecule has 0 bridgehead atoms. The van der Waals surface area contributed by atoms with Crippen LogP contribution in [0, 0.1) is 24.0 Å². The van der Waals surface area contributed by atoms with Gasteiger partial charge >= 0.3 is 0 Å². The summed E-state index contributed by atoms with van der Waals surface area (Å²) in [6.07, 6.45) is 1.35. The first-order valence-corrected chi connectivity index (χ1v) is 8.65. The first kappa shape index (κ1) is 19.4. The maximum atomic E-state index is 12.5. The summed E-state index contributed by atoms with van der Waals surface area (Å²) in [6, 6.07) is 9.68. The van der Waals surface area contributed by atoms with Gasteiger partial charge in [-0.3, -0.25) is 19.6 Å². The van der Waals surface area contributed by atoms with Crippen LogP contribution < -0.4 is 10.1 Å². The van der Waals surface area contributed by atoms with Crippen LogP contribution in [0.5, 0.6) is 11.5 Å². The molecule has 3 aromatic rings. The number of carbonyl (C=O) groups excluding carboxylic acids is 1. The second-order valence-electron chi connectivity index (χ2n) is 6.32. The Bertz CT molecular complexity index is 1040. The first-order valence-electron chi connectivity index (χ1n) is 8.27. The average molecular weight is 401 g/mol. The van der Waals surface area contributed by atoms with Crippen LogP contribution in [0.15, 0.2) is 42.6 Å². The molecule has 1 N–H and O–H groups in total. The minimum absolute atomic E-state index is 0.143. The van der Waals surface area contributed by atoms with E-state index in [1.54, 1.807) is 7.05 Å². The van der Waals surface area contributed by atoms with Gasteiger partial charge in [0, 0.05) is 19.2 Å². The van der Waals surface area contributed by atoms with E-state index in [0.29, 0.717) is 5.75 Å². The second-order valence-corrected chi connectivity index (χ2v) is 6.72. The van der Waals surface area contributed by atoms with Crippen LogP contribution >= 0.6 is 11.6 Å². The molecule has 0 fully saturated rings. The van der Waals surface area contributed by atoms with Crippen molar-refractivity contribution in [3.05, 3.63) is 74.6 Å². The van der Waals surface area contributed by atoms with E-state index in [4.69, 9.17) is 16.3 Å². The summed E-state index contributed by atoms with van der Waals surface area (Å²) in [5, 5.41) is 18.0. The fraction of sp³-hybridized carbons (Fsp3) is 0.158. The van der Waals surface area contributed by atoms with Crippen LogP contribution in [0.2, 0.25) is 5.02 Å². The lowest BCUT2D eigenvalue weighted by Gasteiger charge is -2.11. The van der Waals surface area contributed by atoms with E-state index in [1.807, 2.05) is 32.0 Å². The number of nitro groups is 1. The highest BCUT2D eigenvalue weighted by molar-refractivity contribution is 6.34. The van der Waals surface area contributed by atoms with Crippen molar-refractivity contribution >= 4 is 28.9 Å². The monoisotopic (exact) mass is 400 g/mol. The average Bonchev–Trinajstić information content (AvgIpc) is 2.92. The molecule has 0 aliphatic carbocycles. The van der Waals surface area contributed by atoms with Crippen molar-refractivity contribution in [2.24, 2.45) is 7.05 Å². The number of benzene rings is 2. The van der Waals surface area contributed by atoms with Gasteiger partial charge in [0.2, 0.25) is 0 Å². The molecule has 0 saturated carbocycles. The van der Waals surface area contributed by atoms with Gasteiger partial charge in [0.25, 0.3) is 11.6 Å². The largest absolute Gasteiger partial charge is 0.457 e. The molecule has 144 valence electrons. The van der Waals surface area contributed by atoms with Gasteiger partial charge in [-0.05, 0) is 37.1 Å². The quantitative estimate of drug-likeness (QED) is 0.496. The number of nitro benzene ring substituents is 1. The Morgan fingerprint density at radius 3 is 2.36 bits per heavy atom. The van der Waals surface area contributed by atoms with E-state index in [1.165, 1.54) is 29.1 Å². The Kier molecular flexibility index (Phi) is 5.32. The number of nitrogens with zero attached hydrogens (tertiary/aromatic N) is 3. The normalized spacial score (nSPS) is 10.6. The highest BCUT2D eigenvalue weighted by Crippen LogP contribution is 2.31. The van der Waals surface area contributed by atoms with E-state index in [0.717, 1.165) is 11.1 Å². The van der Waals surface area contributed by atoms with Gasteiger partial charge in [0.15, 0.2) is 0 Å². The number of halogens is 1. The zero-order valence-corrected chi connectivity index (χ0v) is 16.1. The molecule has 0 aliphatic rings. The molecular weight excluding hydrogens is 384 g/mol. The molecule has 28 heavy (non-hydrogen) atoms. The Morgan fingerprint density at radius 2 is 1.79 bits per heavy atom. The number of anilines is 1. The summed E-state index contributed by atoms with van der Waals surface area (Å²) in [7, 11) is 1.57. The van der Waals surface area contributed by atoms with Gasteiger partial charge in [-0.2, -0.15) is 5.10 Å². The van der Waals surface area contributed by atoms with Gasteiger partial charge in [0.05, 0.1) is 27.9 Å². The number of hydrogen-bond acceptors (Lipinski definition) is 5. The van der Waals surface area contributed by atoms with Crippen LogP contribution in [-0.4, -0.2) is 20.6 Å². The van der Waals surface area contributed by atoms with E-state index in [-0.39, 0.29) is 27.8 Å². The third-order valence-corrected chi connectivity index (χ3v) is 4.18. The Balaban J connectivity index is 1.93. The zero-order chi connectivity index (χ0) is 20.4. The minimum Gasteiger partial charge on any atom is -0.457 e. The van der Waals surface area contributed by atoms with E-state index < -0.39 is 10.8 Å². The number of carbonyl (C=O) groups is 1. The predicted molar refractivity (Wildman–Crippen MR) is 105 cm³/mol. The van der Waals surface area contributed by atoms with E-state index >= 15 is 0 Å². The van der Waals surface area contributed by atoms with Gasteiger partial charge in [-0.15, -0.1) is 0 Å². The van der Waals surface area contributed by atoms with Gasteiger partial charge in [-0.25, -0.2) is 0 Å². The first-order chi connectivity index (χ1) is 13.2. The molecule has 0 aliphatic heterocycles. The highest BCUT2D eigenvalue weighted by atomic mass is 35.5. The van der Waals surface area contributed by atoms with Gasteiger partial charge < -0.3 is 10.1 Å². The summed E-state index contributed by atoms with van der Waals surface area (Å²) in [5.41, 5.74) is 2.13. The lowest BCUT2D eigenvalue weighted by Crippen LogP contribution is -2.16. The van der Waals surface area contributed by atoms with Crippen LogP contribution in [0.3, 0.4) is 0 Å². The van der Waals surface area contributed by atoms with Crippen molar-refractivity contribution in [1.82, 2.24) is 9.78 Å². The van der Waals surface area contributed by atoms with Crippen molar-refractivity contribution in [3.63, 3.8) is 0 Å². The molecule has 9 heteroatoms. The number of aromatic nitrogens is 2. The second kappa shape index (κ2) is 7.69. The summed E-state index contributed by atoms with van der Waals surface area (Å²) in [4.78, 5) is 23.2.